The summed E-state index contributed by atoms with van der Waals surface area (Å²) in [6.45, 7) is 0. The Bertz CT molecular complexity index is 1300. The van der Waals surface area contributed by atoms with E-state index < -0.39 is 0 Å². The largest absolute Gasteiger partial charge is 0.320 e. The number of benzene rings is 4. The van der Waals surface area contributed by atoms with E-state index >= 15 is 0 Å². The van der Waals surface area contributed by atoms with E-state index in [4.69, 9.17) is 5.73 Å². The van der Waals surface area contributed by atoms with Gasteiger partial charge in [-0.25, -0.2) is 0 Å². The number of nitrogens with two attached hydrogens (primary N) is 1. The summed E-state index contributed by atoms with van der Waals surface area (Å²) in [7, 11) is 0. The monoisotopic (exact) mass is 411 g/mol. The highest BCUT2D eigenvalue weighted by atomic mass is 32.2. The predicted octanol–water partition coefficient (Wildman–Crippen LogP) is 7.49. The van der Waals surface area contributed by atoms with Crippen LogP contribution in [0.1, 0.15) is 17.2 Å². The van der Waals surface area contributed by atoms with Crippen LogP contribution in [-0.2, 0) is 0 Å². The Balaban J connectivity index is 1.48. The number of hydrogen-bond donors (Lipinski definition) is 1. The van der Waals surface area contributed by atoms with Gasteiger partial charge in [0.15, 0.2) is 0 Å². The van der Waals surface area contributed by atoms with E-state index in [1.165, 1.54) is 36.2 Å². The maximum atomic E-state index is 6.65. The van der Waals surface area contributed by atoms with Crippen LogP contribution in [0.3, 0.4) is 0 Å². The molecule has 1 unspecified atom stereocenters. The predicted molar refractivity (Wildman–Crippen MR) is 129 cm³/mol. The molecule has 0 spiro atoms. The van der Waals surface area contributed by atoms with Crippen LogP contribution in [0, 0.1) is 0 Å². The highest BCUT2D eigenvalue weighted by Crippen LogP contribution is 2.36. The van der Waals surface area contributed by atoms with Crippen molar-refractivity contribution in [3.05, 3.63) is 102 Å². The van der Waals surface area contributed by atoms with Crippen molar-refractivity contribution in [2.45, 2.75) is 10.9 Å². The molecule has 0 aliphatic rings. The molecule has 0 saturated carbocycles. The molecule has 0 fully saturated rings. The number of fused-ring (bicyclic) bond motifs is 3. The molecule has 5 rings (SSSR count). The maximum absolute atomic E-state index is 6.65. The van der Waals surface area contributed by atoms with Crippen molar-refractivity contribution in [3.63, 3.8) is 0 Å². The van der Waals surface area contributed by atoms with Gasteiger partial charge in [-0.15, -0.1) is 23.1 Å². The molecular weight excluding hydrogens is 390 g/mol. The van der Waals surface area contributed by atoms with Gasteiger partial charge in [-0.3, -0.25) is 0 Å². The molecular formula is C26H21NS2. The third kappa shape index (κ3) is 3.36. The van der Waals surface area contributed by atoms with E-state index in [-0.39, 0.29) is 6.04 Å². The van der Waals surface area contributed by atoms with E-state index in [2.05, 4.69) is 97.3 Å². The van der Waals surface area contributed by atoms with Gasteiger partial charge in [0.2, 0.25) is 0 Å². The number of hydrogen-bond acceptors (Lipinski definition) is 3. The van der Waals surface area contributed by atoms with Crippen molar-refractivity contribution in [2.75, 3.05) is 6.26 Å². The second kappa shape index (κ2) is 7.68. The van der Waals surface area contributed by atoms with Crippen molar-refractivity contribution in [1.29, 1.82) is 0 Å². The first-order chi connectivity index (χ1) is 14.2. The lowest BCUT2D eigenvalue weighted by Crippen LogP contribution is -2.11. The number of thioether (sulfide) groups is 1. The summed E-state index contributed by atoms with van der Waals surface area (Å²) in [5.74, 6) is 0. The van der Waals surface area contributed by atoms with Crippen LogP contribution < -0.4 is 5.73 Å². The lowest BCUT2D eigenvalue weighted by atomic mass is 9.96. The highest BCUT2D eigenvalue weighted by molar-refractivity contribution is 7.98. The van der Waals surface area contributed by atoms with Crippen LogP contribution >= 0.6 is 23.1 Å². The molecule has 2 N–H and O–H groups in total. The SMILES string of the molecule is CSc1ccccc1-c1ccc(C(N)c2ccc3c(c2)sc2ccccc23)cc1. The molecule has 1 aromatic heterocycles. The van der Waals surface area contributed by atoms with Gasteiger partial charge >= 0.3 is 0 Å². The fraction of sp³-hybridized carbons (Fsp3) is 0.0769. The van der Waals surface area contributed by atoms with E-state index in [1.807, 2.05) is 11.3 Å². The summed E-state index contributed by atoms with van der Waals surface area (Å²) in [4.78, 5) is 1.29. The second-order valence-electron chi connectivity index (χ2n) is 7.15. The molecule has 1 heterocycles. The first-order valence-electron chi connectivity index (χ1n) is 9.65. The van der Waals surface area contributed by atoms with Gasteiger partial charge in [0.25, 0.3) is 0 Å². The van der Waals surface area contributed by atoms with Gasteiger partial charge in [-0.1, -0.05) is 72.8 Å². The normalized spacial score (nSPS) is 12.5. The third-order valence-electron chi connectivity index (χ3n) is 5.45. The van der Waals surface area contributed by atoms with Crippen LogP contribution in [-0.4, -0.2) is 6.26 Å². The highest BCUT2D eigenvalue weighted by Gasteiger charge is 2.12. The molecule has 0 saturated heterocycles. The van der Waals surface area contributed by atoms with Crippen LogP contribution in [0.2, 0.25) is 0 Å². The first kappa shape index (κ1) is 18.4. The number of thiophene rings is 1. The Labute approximate surface area is 179 Å². The molecule has 0 aliphatic carbocycles. The molecule has 4 aromatic carbocycles. The van der Waals surface area contributed by atoms with Crippen molar-refractivity contribution in [3.8, 4) is 11.1 Å². The van der Waals surface area contributed by atoms with Gasteiger partial charge in [0.05, 0.1) is 6.04 Å². The molecule has 1 nitrogen and oxygen atoms in total. The average Bonchev–Trinajstić information content (AvgIpc) is 3.16. The molecule has 142 valence electrons. The summed E-state index contributed by atoms with van der Waals surface area (Å²) in [5, 5.41) is 2.63. The van der Waals surface area contributed by atoms with Crippen molar-refractivity contribution < 1.29 is 0 Å². The fourth-order valence-electron chi connectivity index (χ4n) is 3.88. The van der Waals surface area contributed by atoms with E-state index in [0.29, 0.717) is 0 Å². The molecule has 0 amide bonds. The Morgan fingerprint density at radius 2 is 1.41 bits per heavy atom. The Morgan fingerprint density at radius 3 is 2.24 bits per heavy atom. The average molecular weight is 412 g/mol. The summed E-state index contributed by atoms with van der Waals surface area (Å²) in [5.41, 5.74) is 11.4. The Morgan fingerprint density at radius 1 is 0.724 bits per heavy atom. The summed E-state index contributed by atoms with van der Waals surface area (Å²) in [6.07, 6.45) is 2.12. The molecule has 0 radical (unpaired) electrons. The van der Waals surface area contributed by atoms with Gasteiger partial charge in [-0.2, -0.15) is 0 Å². The summed E-state index contributed by atoms with van der Waals surface area (Å²) >= 11 is 3.61. The zero-order valence-electron chi connectivity index (χ0n) is 16.1. The zero-order chi connectivity index (χ0) is 19.8. The van der Waals surface area contributed by atoms with Crippen LogP contribution in [0.25, 0.3) is 31.3 Å². The van der Waals surface area contributed by atoms with E-state index in [9.17, 15) is 0 Å². The van der Waals surface area contributed by atoms with Gasteiger partial charge in [0.1, 0.15) is 0 Å². The molecule has 0 bridgehead atoms. The summed E-state index contributed by atoms with van der Waals surface area (Å²) < 4.78 is 2.62. The molecule has 29 heavy (non-hydrogen) atoms. The smallest absolute Gasteiger partial charge is 0.0552 e. The first-order valence-corrected chi connectivity index (χ1v) is 11.7. The summed E-state index contributed by atoms with van der Waals surface area (Å²) in [6, 6.07) is 32.3. The van der Waals surface area contributed by atoms with Crippen molar-refractivity contribution in [1.82, 2.24) is 0 Å². The third-order valence-corrected chi connectivity index (χ3v) is 7.38. The molecule has 0 aliphatic heterocycles. The molecule has 1 atom stereocenters. The minimum absolute atomic E-state index is 0.130. The van der Waals surface area contributed by atoms with E-state index in [1.54, 1.807) is 11.8 Å². The fourth-order valence-corrected chi connectivity index (χ4v) is 5.66. The topological polar surface area (TPSA) is 26.0 Å². The standard InChI is InChI=1S/C26H21NS2/c1-28-23-8-4-2-6-20(23)17-10-12-18(13-11-17)26(27)19-14-15-22-21-7-3-5-9-24(21)29-25(22)16-19/h2-16,26H,27H2,1H3. The lowest BCUT2D eigenvalue weighted by molar-refractivity contribution is 0.874. The maximum Gasteiger partial charge on any atom is 0.0552 e. The van der Waals surface area contributed by atoms with Crippen LogP contribution in [0.4, 0.5) is 0 Å². The zero-order valence-corrected chi connectivity index (χ0v) is 17.8. The minimum Gasteiger partial charge on any atom is -0.320 e. The van der Waals surface area contributed by atoms with Gasteiger partial charge < -0.3 is 5.73 Å². The quantitative estimate of drug-likeness (QED) is 0.310. The Hall–Kier alpha value is -2.59. The second-order valence-corrected chi connectivity index (χ2v) is 9.09. The van der Waals surface area contributed by atoms with Gasteiger partial charge in [-0.05, 0) is 46.7 Å². The van der Waals surface area contributed by atoms with Crippen LogP contribution in [0.5, 0.6) is 0 Å². The minimum atomic E-state index is -0.130. The number of rotatable bonds is 4. The van der Waals surface area contributed by atoms with Crippen molar-refractivity contribution >= 4 is 43.3 Å². The van der Waals surface area contributed by atoms with E-state index in [0.717, 1.165) is 11.1 Å². The van der Waals surface area contributed by atoms with Gasteiger partial charge in [0, 0.05) is 25.1 Å². The van der Waals surface area contributed by atoms with Crippen LogP contribution in [0.15, 0.2) is 95.9 Å². The lowest BCUT2D eigenvalue weighted by Gasteiger charge is -2.14. The van der Waals surface area contributed by atoms with Crippen molar-refractivity contribution in [2.24, 2.45) is 5.73 Å². The molecule has 5 aromatic rings. The Kier molecular flexibility index (Phi) is 4.88. The molecule has 3 heteroatoms.